The van der Waals surface area contributed by atoms with Crippen LogP contribution in [0.3, 0.4) is 0 Å². The fourth-order valence-electron chi connectivity index (χ4n) is 3.23. The number of hydrogen-bond acceptors (Lipinski definition) is 1. The summed E-state index contributed by atoms with van der Waals surface area (Å²) < 4.78 is 445. The molecule has 0 spiro atoms. The van der Waals surface area contributed by atoms with Gasteiger partial charge >= 0.3 is 96.4 Å². The van der Waals surface area contributed by atoms with E-state index in [1.807, 2.05) is 0 Å². The molecule has 0 fully saturated rings. The van der Waals surface area contributed by atoms with Crippen molar-refractivity contribution >= 4 is 5.91 Å². The van der Waals surface area contributed by atoms with E-state index < -0.39 is 106 Å². The van der Waals surface area contributed by atoms with Crippen molar-refractivity contribution in [2.24, 2.45) is 0 Å². The van der Waals surface area contributed by atoms with Crippen molar-refractivity contribution in [3.05, 3.63) is 0 Å². The molecule has 0 aromatic heterocycles. The summed E-state index contributed by atoms with van der Waals surface area (Å²) in [4.78, 5) is 11.2. The second-order valence-corrected chi connectivity index (χ2v) is 9.30. The minimum atomic E-state index is -10.5. The van der Waals surface area contributed by atoms with Gasteiger partial charge in [-0.25, -0.2) is 5.32 Å². The molecule has 37 heteroatoms. The fraction of sp³-hybridized carbons (Fsp3) is 0.938. The second kappa shape index (κ2) is 12.0. The van der Waals surface area contributed by atoms with Gasteiger partial charge < -0.3 is 0 Å². The van der Waals surface area contributed by atoms with Crippen LogP contribution in [0.5, 0.6) is 0 Å². The molecule has 0 aliphatic carbocycles. The van der Waals surface area contributed by atoms with E-state index in [1.165, 1.54) is 0 Å². The van der Waals surface area contributed by atoms with Crippen LogP contribution in [0.1, 0.15) is 0 Å². The zero-order valence-electron chi connectivity index (χ0n) is 22.2. The number of rotatable bonds is 12. The molecule has 0 heterocycles. The fourth-order valence-corrected chi connectivity index (χ4v) is 3.23. The van der Waals surface area contributed by atoms with Gasteiger partial charge in [-0.15, -0.1) is 35.1 Å². The van der Waals surface area contributed by atoms with Gasteiger partial charge in [0.15, 0.2) is 0 Å². The Hall–Kier alpha value is -2.95. The molecule has 0 atom stereocenters. The Balaban J connectivity index is 8.45. The lowest BCUT2D eigenvalue weighted by Gasteiger charge is -2.53. The van der Waals surface area contributed by atoms with Gasteiger partial charge in [0.1, 0.15) is 0 Å². The molecule has 0 aliphatic heterocycles. The van der Waals surface area contributed by atoms with E-state index in [2.05, 4.69) is 0 Å². The van der Waals surface area contributed by atoms with E-state index in [9.17, 15) is 154 Å². The molecule has 0 aromatic rings. The summed E-state index contributed by atoms with van der Waals surface area (Å²) >= 11 is 0. The Morgan fingerprint density at radius 3 is 0.792 bits per heavy atom. The molecule has 0 unspecified atom stereocenters. The van der Waals surface area contributed by atoms with Crippen molar-refractivity contribution in [2.75, 3.05) is 0 Å². The quantitative estimate of drug-likeness (QED) is 0.0900. The summed E-state index contributed by atoms with van der Waals surface area (Å²) in [6.45, 7) is 0. The van der Waals surface area contributed by atoms with E-state index in [4.69, 9.17) is 0 Å². The van der Waals surface area contributed by atoms with Crippen LogP contribution in [-0.2, 0) is 4.79 Å². The zero-order chi connectivity index (χ0) is 44.3. The lowest BCUT2D eigenvalue weighted by atomic mass is 9.91. The van der Waals surface area contributed by atoms with E-state index in [-0.39, 0.29) is 0 Å². The highest BCUT2D eigenvalue weighted by atomic mass is 19.5. The van der Waals surface area contributed by atoms with Crippen LogP contribution in [0.4, 0.5) is 149 Å². The molecule has 1 amide bonds. The largest absolute Gasteiger partial charge is 0.515 e. The Labute approximate surface area is 262 Å². The standard InChI is InChI=1S/C16F34N2O/c17-2(18,3(19,20)4(21,22)5(23,24)6(25,26)7(27,28)9(31,32)33)1(53)51-16(49,50)52(14(45,46)11(37,38)39,15(47,48)12(40,41)42)13(43,44)8(29,30)10(34,35)36/p+1. The molecule has 0 saturated heterocycles. The molecule has 53 heavy (non-hydrogen) atoms. The third-order valence-electron chi connectivity index (χ3n) is 5.98. The molecule has 1 N–H and O–H groups in total. The van der Waals surface area contributed by atoms with Crippen LogP contribution < -0.4 is 5.32 Å². The van der Waals surface area contributed by atoms with Crippen molar-refractivity contribution in [3.63, 3.8) is 0 Å². The zero-order valence-corrected chi connectivity index (χ0v) is 22.2. The maximum atomic E-state index is 14.6. The van der Waals surface area contributed by atoms with Gasteiger partial charge in [-0.3, -0.25) is 4.79 Å². The summed E-state index contributed by atoms with van der Waals surface area (Å²) in [7, 11) is 0. The highest BCUT2D eigenvalue weighted by molar-refractivity contribution is 5.85. The topological polar surface area (TPSA) is 29.1 Å². The second-order valence-electron chi connectivity index (χ2n) is 9.30. The highest BCUT2D eigenvalue weighted by Crippen LogP contribution is 2.68. The van der Waals surface area contributed by atoms with Crippen molar-refractivity contribution in [1.29, 1.82) is 0 Å². The van der Waals surface area contributed by atoms with Crippen molar-refractivity contribution in [3.8, 4) is 0 Å². The predicted molar refractivity (Wildman–Crippen MR) is 87.0 cm³/mol. The van der Waals surface area contributed by atoms with Gasteiger partial charge in [0.05, 0.1) is 0 Å². The molecule has 3 nitrogen and oxygen atoms in total. The van der Waals surface area contributed by atoms with Gasteiger partial charge in [-0.05, 0) is 4.48 Å². The predicted octanol–water partition coefficient (Wildman–Crippen LogP) is 9.94. The SMILES string of the molecule is O=C(NC(F)(F)[N+](C(F)(F)C(F)(F)F)(C(F)(F)C(F)(F)F)C(F)(F)C(F)(F)C(F)(F)F)C(F)(F)C(F)(F)C(F)(F)C(F)(F)C(F)(F)C(F)(F)C(F)(F)F. The molecule has 0 radical (unpaired) electrons. The first kappa shape index (κ1) is 50.1. The number of nitrogens with one attached hydrogen (secondary N) is 1. The number of nitrogens with zero attached hydrogens (tertiary/aromatic N) is 1. The highest BCUT2D eigenvalue weighted by Gasteiger charge is 3.06. The molecule has 318 valence electrons. The van der Waals surface area contributed by atoms with Crippen LogP contribution in [0.2, 0.25) is 0 Å². The number of carbonyl (C=O) groups excluding carboxylic acids is 1. The van der Waals surface area contributed by atoms with Gasteiger partial charge in [-0.1, -0.05) is 0 Å². The normalized spacial score (nSPS) is 16.9. The Morgan fingerprint density at radius 2 is 0.547 bits per heavy atom. The molecule has 0 saturated carbocycles. The number of halogens is 34. The Bertz CT molecular complexity index is 1330. The van der Waals surface area contributed by atoms with Crippen LogP contribution in [-0.4, -0.2) is 101 Å². The summed E-state index contributed by atoms with van der Waals surface area (Å²) in [5, 5.41) is -2.82. The lowest BCUT2D eigenvalue weighted by molar-refractivity contribution is -1.21. The number of hydrogen-bond donors (Lipinski definition) is 1. The van der Waals surface area contributed by atoms with Gasteiger partial charge in [0.25, 0.3) is 0 Å². The smallest absolute Gasteiger partial charge is 0.267 e. The first-order chi connectivity index (χ1) is 22.1. The molecular formula is C16HF34N2O+. The number of alkyl halides is 34. The van der Waals surface area contributed by atoms with Crippen LogP contribution >= 0.6 is 0 Å². The molecule has 0 rings (SSSR count). The van der Waals surface area contributed by atoms with Gasteiger partial charge in [0.2, 0.25) is 0 Å². The number of amides is 1. The molecule has 0 aromatic carbocycles. The van der Waals surface area contributed by atoms with Crippen LogP contribution in [0.15, 0.2) is 0 Å². The molecule has 0 bridgehead atoms. The van der Waals surface area contributed by atoms with Crippen molar-refractivity contribution in [1.82, 2.24) is 5.32 Å². The van der Waals surface area contributed by atoms with Crippen molar-refractivity contribution in [2.45, 2.75) is 90.5 Å². The number of quaternary nitrogens is 1. The maximum absolute atomic E-state index is 14.6. The average Bonchev–Trinajstić information content (AvgIpc) is 2.84. The van der Waals surface area contributed by atoms with E-state index in [0.29, 0.717) is 0 Å². The summed E-state index contributed by atoms with van der Waals surface area (Å²) in [6.07, 6.45) is -46.2. The van der Waals surface area contributed by atoms with E-state index in [0.717, 1.165) is 0 Å². The molecule has 0 aliphatic rings. The first-order valence-electron chi connectivity index (χ1n) is 10.8. The summed E-state index contributed by atoms with van der Waals surface area (Å²) in [5.74, 6) is -72.6. The first-order valence-corrected chi connectivity index (χ1v) is 10.8. The van der Waals surface area contributed by atoms with Gasteiger partial charge in [0, 0.05) is 0 Å². The van der Waals surface area contributed by atoms with Crippen molar-refractivity contribution < 1.29 is 159 Å². The Morgan fingerprint density at radius 1 is 0.302 bits per heavy atom. The Kier molecular flexibility index (Phi) is 11.4. The minimum absolute atomic E-state index is 2.82. The minimum Gasteiger partial charge on any atom is -0.267 e. The third kappa shape index (κ3) is 6.04. The van der Waals surface area contributed by atoms with E-state index >= 15 is 0 Å². The van der Waals surface area contributed by atoms with Crippen LogP contribution in [0.25, 0.3) is 0 Å². The monoisotopic (exact) mass is 883 g/mol. The number of carbonyl (C=O) groups is 1. The van der Waals surface area contributed by atoms with E-state index in [1.54, 1.807) is 0 Å². The van der Waals surface area contributed by atoms with Gasteiger partial charge in [-0.2, -0.15) is 114 Å². The summed E-state index contributed by atoms with van der Waals surface area (Å²) in [5.41, 5.74) is 0. The average molecular weight is 883 g/mol. The maximum Gasteiger partial charge on any atom is 0.515 e. The lowest BCUT2D eigenvalue weighted by Crippen LogP contribution is -2.93. The third-order valence-corrected chi connectivity index (χ3v) is 5.98. The molecular weight excluding hydrogens is 882 g/mol. The summed E-state index contributed by atoms with van der Waals surface area (Å²) in [6, 6.07) is -31.0. The van der Waals surface area contributed by atoms with Crippen LogP contribution in [0, 0.1) is 0 Å².